The lowest BCUT2D eigenvalue weighted by atomic mass is 10.2. The van der Waals surface area contributed by atoms with Crippen molar-refractivity contribution in [3.05, 3.63) is 40.4 Å². The second-order valence-corrected chi connectivity index (χ2v) is 4.30. The van der Waals surface area contributed by atoms with Crippen molar-refractivity contribution in [2.75, 3.05) is 6.61 Å². The number of hydrogen-bond donors (Lipinski definition) is 0. The Balaban J connectivity index is 2.95. The van der Waals surface area contributed by atoms with Gasteiger partial charge in [-0.15, -0.1) is 0 Å². The van der Waals surface area contributed by atoms with Crippen LogP contribution in [0, 0.1) is 0 Å². The lowest BCUT2D eigenvalue weighted by Gasteiger charge is -2.04. The molecule has 0 amide bonds. The van der Waals surface area contributed by atoms with Crippen LogP contribution in [0.4, 0.5) is 0 Å². The molecule has 0 aliphatic heterocycles. The highest BCUT2D eigenvalue weighted by atomic mass is 79.9. The van der Waals surface area contributed by atoms with Crippen molar-refractivity contribution in [3.8, 4) is 0 Å². The molecule has 0 heterocycles. The van der Waals surface area contributed by atoms with Gasteiger partial charge in [0, 0.05) is 4.48 Å². The number of hydrogen-bond acceptors (Lipinski definition) is 2. The van der Waals surface area contributed by atoms with Crippen LogP contribution < -0.4 is 0 Å². The maximum absolute atomic E-state index is 11.4. The Bertz CT molecular complexity index is 371. The molecule has 0 fully saturated rings. The number of carbonyl (C=O) groups is 1. The van der Waals surface area contributed by atoms with E-state index in [-0.39, 0.29) is 5.97 Å². The van der Waals surface area contributed by atoms with E-state index in [0.29, 0.717) is 15.6 Å². The molecule has 1 rings (SSSR count). The first-order valence-electron chi connectivity index (χ1n) is 4.44. The minimum Gasteiger partial charge on any atom is -0.462 e. The molecule has 0 bridgehead atoms. The summed E-state index contributed by atoms with van der Waals surface area (Å²) in [5.41, 5.74) is 0.928. The van der Waals surface area contributed by atoms with Crippen LogP contribution in [0.5, 0.6) is 0 Å². The molecule has 1 aromatic rings. The molecule has 1 aromatic carbocycles. The van der Waals surface area contributed by atoms with Crippen LogP contribution in [-0.4, -0.2) is 12.6 Å². The molecule has 0 atom stereocenters. The van der Waals surface area contributed by atoms with Crippen LogP contribution in [0.25, 0.3) is 4.48 Å². The van der Waals surface area contributed by atoms with E-state index >= 15 is 0 Å². The van der Waals surface area contributed by atoms with Gasteiger partial charge in [-0.3, -0.25) is 0 Å². The molecular formula is C11H10Br2O2. The Morgan fingerprint density at radius 1 is 1.27 bits per heavy atom. The van der Waals surface area contributed by atoms with E-state index in [0.717, 1.165) is 5.56 Å². The van der Waals surface area contributed by atoms with Gasteiger partial charge >= 0.3 is 5.97 Å². The molecule has 0 aromatic heterocycles. The quantitative estimate of drug-likeness (QED) is 0.622. The van der Waals surface area contributed by atoms with E-state index in [1.54, 1.807) is 6.92 Å². The molecule has 2 nitrogen and oxygen atoms in total. The standard InChI is InChI=1S/C11H10Br2O2/c1-2-15-11(14)10(13)9(12)8-6-4-3-5-7-8/h3-7H,2H2,1H3/b10-9+. The molecule has 0 aliphatic carbocycles. The first-order valence-corrected chi connectivity index (χ1v) is 6.03. The fraction of sp³-hybridized carbons (Fsp3) is 0.182. The summed E-state index contributed by atoms with van der Waals surface area (Å²) in [6, 6.07) is 9.54. The summed E-state index contributed by atoms with van der Waals surface area (Å²) in [5.74, 6) is -0.367. The first-order chi connectivity index (χ1) is 7.16. The van der Waals surface area contributed by atoms with E-state index in [9.17, 15) is 4.79 Å². The molecule has 0 N–H and O–H groups in total. The monoisotopic (exact) mass is 332 g/mol. The molecule has 4 heteroatoms. The Labute approximate surface area is 106 Å². The molecular weight excluding hydrogens is 324 g/mol. The third kappa shape index (κ3) is 3.47. The largest absolute Gasteiger partial charge is 0.462 e. The lowest BCUT2D eigenvalue weighted by molar-refractivity contribution is -0.137. The van der Waals surface area contributed by atoms with E-state index in [4.69, 9.17) is 4.74 Å². The lowest BCUT2D eigenvalue weighted by Crippen LogP contribution is -2.04. The highest BCUT2D eigenvalue weighted by molar-refractivity contribution is 9.16. The molecule has 0 saturated carbocycles. The van der Waals surface area contributed by atoms with Crippen LogP contribution in [0.15, 0.2) is 34.8 Å². The van der Waals surface area contributed by atoms with Crippen LogP contribution >= 0.6 is 31.9 Å². The summed E-state index contributed by atoms with van der Waals surface area (Å²) in [6.07, 6.45) is 0. The van der Waals surface area contributed by atoms with Crippen molar-refractivity contribution < 1.29 is 9.53 Å². The van der Waals surface area contributed by atoms with Gasteiger partial charge in [-0.25, -0.2) is 4.79 Å². The Hall–Kier alpha value is -0.610. The van der Waals surface area contributed by atoms with Gasteiger partial charge in [-0.05, 0) is 44.3 Å². The Kier molecular flexibility index (Phi) is 5.05. The van der Waals surface area contributed by atoms with Gasteiger partial charge in [0.25, 0.3) is 0 Å². The van der Waals surface area contributed by atoms with Crippen LogP contribution in [0.3, 0.4) is 0 Å². The third-order valence-electron chi connectivity index (χ3n) is 1.67. The number of esters is 1. The van der Waals surface area contributed by atoms with Crippen LogP contribution in [-0.2, 0) is 9.53 Å². The normalized spacial score (nSPS) is 11.9. The molecule has 0 radical (unpaired) electrons. The smallest absolute Gasteiger partial charge is 0.346 e. The fourth-order valence-electron chi connectivity index (χ4n) is 0.995. The topological polar surface area (TPSA) is 26.3 Å². The van der Waals surface area contributed by atoms with E-state index < -0.39 is 0 Å². The predicted molar refractivity (Wildman–Crippen MR) is 67.8 cm³/mol. The van der Waals surface area contributed by atoms with Crippen molar-refractivity contribution >= 4 is 42.3 Å². The van der Waals surface area contributed by atoms with Gasteiger partial charge < -0.3 is 4.74 Å². The van der Waals surface area contributed by atoms with Gasteiger partial charge in [0.05, 0.1) is 6.61 Å². The number of ether oxygens (including phenoxy) is 1. The van der Waals surface area contributed by atoms with Gasteiger partial charge in [0.1, 0.15) is 4.48 Å². The fourth-order valence-corrected chi connectivity index (χ4v) is 1.76. The zero-order chi connectivity index (χ0) is 11.3. The molecule has 80 valence electrons. The van der Waals surface area contributed by atoms with Crippen molar-refractivity contribution in [2.24, 2.45) is 0 Å². The highest BCUT2D eigenvalue weighted by Crippen LogP contribution is 2.29. The van der Waals surface area contributed by atoms with E-state index in [1.165, 1.54) is 0 Å². The van der Waals surface area contributed by atoms with Gasteiger partial charge in [0.15, 0.2) is 0 Å². The van der Waals surface area contributed by atoms with Crippen molar-refractivity contribution in [1.82, 2.24) is 0 Å². The summed E-state index contributed by atoms with van der Waals surface area (Å²) in [4.78, 5) is 11.4. The van der Waals surface area contributed by atoms with Gasteiger partial charge in [-0.1, -0.05) is 30.3 Å². The average molecular weight is 334 g/mol. The molecule has 0 saturated heterocycles. The Morgan fingerprint density at radius 2 is 1.87 bits per heavy atom. The summed E-state index contributed by atoms with van der Waals surface area (Å²) >= 11 is 6.56. The SMILES string of the molecule is CCOC(=O)/C(Br)=C(\Br)c1ccccc1. The van der Waals surface area contributed by atoms with Crippen molar-refractivity contribution in [1.29, 1.82) is 0 Å². The molecule has 15 heavy (non-hydrogen) atoms. The second kappa shape index (κ2) is 6.08. The number of carbonyl (C=O) groups excluding carboxylic acids is 1. The maximum Gasteiger partial charge on any atom is 0.346 e. The predicted octanol–water partition coefficient (Wildman–Crippen LogP) is 3.71. The maximum atomic E-state index is 11.4. The number of rotatable bonds is 3. The number of halogens is 2. The van der Waals surface area contributed by atoms with E-state index in [2.05, 4.69) is 31.9 Å². The summed E-state index contributed by atoms with van der Waals surface area (Å²) in [7, 11) is 0. The van der Waals surface area contributed by atoms with Crippen molar-refractivity contribution in [2.45, 2.75) is 6.92 Å². The summed E-state index contributed by atoms with van der Waals surface area (Å²) < 4.78 is 5.97. The zero-order valence-corrected chi connectivity index (χ0v) is 11.3. The third-order valence-corrected chi connectivity index (χ3v) is 3.78. The highest BCUT2D eigenvalue weighted by Gasteiger charge is 2.12. The van der Waals surface area contributed by atoms with Crippen molar-refractivity contribution in [3.63, 3.8) is 0 Å². The van der Waals surface area contributed by atoms with Gasteiger partial charge in [-0.2, -0.15) is 0 Å². The zero-order valence-electron chi connectivity index (χ0n) is 8.17. The molecule has 0 aliphatic rings. The molecule has 0 spiro atoms. The first kappa shape index (κ1) is 12.5. The minimum absolute atomic E-state index is 0.364. The minimum atomic E-state index is -0.367. The average Bonchev–Trinajstić information content (AvgIpc) is 2.28. The number of benzene rings is 1. The Morgan fingerprint density at radius 3 is 2.40 bits per heavy atom. The van der Waals surface area contributed by atoms with Gasteiger partial charge in [0.2, 0.25) is 0 Å². The van der Waals surface area contributed by atoms with Crippen LogP contribution in [0.1, 0.15) is 12.5 Å². The van der Waals surface area contributed by atoms with E-state index in [1.807, 2.05) is 30.3 Å². The second-order valence-electron chi connectivity index (χ2n) is 2.71. The molecule has 0 unspecified atom stereocenters. The summed E-state index contributed by atoms with van der Waals surface area (Å²) in [6.45, 7) is 2.14. The summed E-state index contributed by atoms with van der Waals surface area (Å²) in [5, 5.41) is 0. The van der Waals surface area contributed by atoms with Crippen LogP contribution in [0.2, 0.25) is 0 Å².